The highest BCUT2D eigenvalue weighted by atomic mass is 15.0. The molecule has 0 aromatic carbocycles. The molecule has 0 aliphatic carbocycles. The smallest absolute Gasteiger partial charge is 0.0951 e. The van der Waals surface area contributed by atoms with Gasteiger partial charge in [0.1, 0.15) is 0 Å². The lowest BCUT2D eigenvalue weighted by Gasteiger charge is -2.10. The quantitative estimate of drug-likeness (QED) is 0.440. The van der Waals surface area contributed by atoms with Gasteiger partial charge in [0.25, 0.3) is 0 Å². The zero-order chi connectivity index (χ0) is 19.2. The summed E-state index contributed by atoms with van der Waals surface area (Å²) < 4.78 is 2.20. The Balaban J connectivity index is 2.54. The molecule has 0 bridgehead atoms. The van der Waals surface area contributed by atoms with Gasteiger partial charge in [0.2, 0.25) is 0 Å². The minimum Gasteiger partial charge on any atom is -0.330 e. The maximum atomic E-state index is 4.31. The summed E-state index contributed by atoms with van der Waals surface area (Å²) in [6, 6.07) is 0. The Morgan fingerprint density at radius 1 is 1.15 bits per heavy atom. The van der Waals surface area contributed by atoms with Crippen molar-refractivity contribution in [3.05, 3.63) is 90.1 Å². The second-order valence-corrected chi connectivity index (χ2v) is 6.15. The molecule has 0 saturated heterocycles. The highest BCUT2D eigenvalue weighted by Crippen LogP contribution is 2.08. The van der Waals surface area contributed by atoms with Crippen LogP contribution in [0.3, 0.4) is 0 Å². The molecule has 0 radical (unpaired) electrons. The van der Waals surface area contributed by atoms with E-state index in [-0.39, 0.29) is 0 Å². The summed E-state index contributed by atoms with van der Waals surface area (Å²) in [5.74, 6) is 0. The van der Waals surface area contributed by atoms with E-state index in [0.717, 1.165) is 26.1 Å². The van der Waals surface area contributed by atoms with Gasteiger partial charge >= 0.3 is 0 Å². The van der Waals surface area contributed by atoms with Crippen LogP contribution in [0.2, 0.25) is 0 Å². The van der Waals surface area contributed by atoms with Crippen LogP contribution in [-0.4, -0.2) is 22.6 Å². The lowest BCUT2D eigenvalue weighted by atomic mass is 10.2. The molecule has 1 aromatic rings. The SMILES string of the molecule is C=C/C=C(\C=C/C)Cn1cncc1CCNCC(/C=C\C(C)=C/C)=C/C. The Bertz CT molecular complexity index is 697. The summed E-state index contributed by atoms with van der Waals surface area (Å²) in [7, 11) is 0. The zero-order valence-corrected chi connectivity index (χ0v) is 16.7. The summed E-state index contributed by atoms with van der Waals surface area (Å²) in [4.78, 5) is 4.31. The molecular weight excluding hydrogens is 318 g/mol. The monoisotopic (exact) mass is 351 g/mol. The maximum Gasteiger partial charge on any atom is 0.0951 e. The number of hydrogen-bond donors (Lipinski definition) is 1. The Labute approximate surface area is 159 Å². The van der Waals surface area contributed by atoms with Crippen molar-refractivity contribution in [2.75, 3.05) is 13.1 Å². The fourth-order valence-electron chi connectivity index (χ4n) is 2.46. The molecule has 3 heteroatoms. The van der Waals surface area contributed by atoms with Crippen LogP contribution in [0.25, 0.3) is 0 Å². The van der Waals surface area contributed by atoms with E-state index in [9.17, 15) is 0 Å². The molecule has 1 rings (SSSR count). The summed E-state index contributed by atoms with van der Waals surface area (Å²) in [5, 5.41) is 3.52. The fourth-order valence-corrected chi connectivity index (χ4v) is 2.46. The van der Waals surface area contributed by atoms with Gasteiger partial charge in [0.05, 0.1) is 6.33 Å². The molecule has 0 amide bonds. The van der Waals surface area contributed by atoms with Crippen molar-refractivity contribution in [1.29, 1.82) is 0 Å². The Hall–Kier alpha value is -2.39. The van der Waals surface area contributed by atoms with Crippen molar-refractivity contribution in [2.24, 2.45) is 0 Å². The van der Waals surface area contributed by atoms with Gasteiger partial charge in [-0.1, -0.05) is 60.8 Å². The number of nitrogens with zero attached hydrogens (tertiary/aromatic N) is 2. The van der Waals surface area contributed by atoms with E-state index < -0.39 is 0 Å². The second kappa shape index (κ2) is 12.9. The molecule has 0 aliphatic heterocycles. The number of rotatable bonds is 11. The number of hydrogen-bond acceptors (Lipinski definition) is 2. The fraction of sp³-hybridized carbons (Fsp3) is 0.348. The van der Waals surface area contributed by atoms with E-state index in [1.54, 1.807) is 0 Å². The average Bonchev–Trinajstić information content (AvgIpc) is 3.08. The third-order valence-corrected chi connectivity index (χ3v) is 4.14. The lowest BCUT2D eigenvalue weighted by Crippen LogP contribution is -2.20. The van der Waals surface area contributed by atoms with Crippen LogP contribution < -0.4 is 5.32 Å². The van der Waals surface area contributed by atoms with Crippen LogP contribution in [0.1, 0.15) is 33.4 Å². The topological polar surface area (TPSA) is 29.9 Å². The zero-order valence-electron chi connectivity index (χ0n) is 16.7. The minimum absolute atomic E-state index is 0.817. The standard InChI is InChI=1S/C23H33N3/c1-6-10-22(11-7-2)18-26-19-25-17-23(26)14-15-24-16-21(9-4)13-12-20(5)8-3/h6-13,17,19,24H,1,14-16,18H2,2-5H3/b11-7-,13-12-,20-8-,21-9+,22-10+. The summed E-state index contributed by atoms with van der Waals surface area (Å²) in [5.41, 5.74) is 5.02. The van der Waals surface area contributed by atoms with Gasteiger partial charge in [0.15, 0.2) is 0 Å². The van der Waals surface area contributed by atoms with E-state index in [0.29, 0.717) is 0 Å². The molecule has 0 spiro atoms. The summed E-state index contributed by atoms with van der Waals surface area (Å²) in [6.07, 6.45) is 21.4. The van der Waals surface area contributed by atoms with Crippen molar-refractivity contribution in [1.82, 2.24) is 14.9 Å². The molecule has 0 aliphatic rings. The van der Waals surface area contributed by atoms with Crippen LogP contribution >= 0.6 is 0 Å². The number of allylic oxidation sites excluding steroid dienone is 9. The second-order valence-electron chi connectivity index (χ2n) is 6.15. The van der Waals surface area contributed by atoms with E-state index in [1.165, 1.54) is 22.4 Å². The molecule has 0 saturated carbocycles. The minimum atomic E-state index is 0.817. The molecule has 26 heavy (non-hydrogen) atoms. The van der Waals surface area contributed by atoms with E-state index in [2.05, 4.69) is 78.7 Å². The number of aromatic nitrogens is 2. The normalized spacial score (nSPS) is 13.9. The highest BCUT2D eigenvalue weighted by Gasteiger charge is 2.03. The van der Waals surface area contributed by atoms with Crippen molar-refractivity contribution < 1.29 is 0 Å². The van der Waals surface area contributed by atoms with Crippen LogP contribution in [0, 0.1) is 0 Å². The number of nitrogens with one attached hydrogen (secondary N) is 1. The first-order valence-electron chi connectivity index (χ1n) is 9.24. The van der Waals surface area contributed by atoms with E-state index >= 15 is 0 Å². The Morgan fingerprint density at radius 2 is 1.96 bits per heavy atom. The summed E-state index contributed by atoms with van der Waals surface area (Å²) in [6.45, 7) is 14.7. The van der Waals surface area contributed by atoms with E-state index in [1.807, 2.05) is 31.6 Å². The molecule has 0 atom stereocenters. The first kappa shape index (κ1) is 21.7. The maximum absolute atomic E-state index is 4.31. The van der Waals surface area contributed by atoms with Gasteiger partial charge in [-0.25, -0.2) is 4.98 Å². The van der Waals surface area contributed by atoms with Crippen molar-refractivity contribution >= 4 is 0 Å². The van der Waals surface area contributed by atoms with Crippen LogP contribution in [-0.2, 0) is 13.0 Å². The van der Waals surface area contributed by atoms with Gasteiger partial charge in [-0.2, -0.15) is 0 Å². The molecule has 1 aromatic heterocycles. The first-order chi connectivity index (χ1) is 12.6. The Kier molecular flexibility index (Phi) is 10.7. The van der Waals surface area contributed by atoms with Crippen LogP contribution in [0.5, 0.6) is 0 Å². The molecular formula is C23H33N3. The Morgan fingerprint density at radius 3 is 2.62 bits per heavy atom. The molecule has 0 unspecified atom stereocenters. The third-order valence-electron chi connectivity index (χ3n) is 4.14. The van der Waals surface area contributed by atoms with Gasteiger partial charge in [-0.05, 0) is 38.8 Å². The van der Waals surface area contributed by atoms with Gasteiger partial charge in [-0.3, -0.25) is 0 Å². The van der Waals surface area contributed by atoms with Crippen LogP contribution in [0.4, 0.5) is 0 Å². The van der Waals surface area contributed by atoms with Crippen molar-refractivity contribution in [3.63, 3.8) is 0 Å². The predicted octanol–water partition coefficient (Wildman–Crippen LogP) is 5.17. The predicted molar refractivity (Wildman–Crippen MR) is 114 cm³/mol. The lowest BCUT2D eigenvalue weighted by molar-refractivity contribution is 0.678. The van der Waals surface area contributed by atoms with Gasteiger partial charge < -0.3 is 9.88 Å². The molecule has 3 nitrogen and oxygen atoms in total. The molecule has 0 fully saturated rings. The third kappa shape index (κ3) is 8.13. The van der Waals surface area contributed by atoms with Crippen molar-refractivity contribution in [3.8, 4) is 0 Å². The summed E-state index contributed by atoms with van der Waals surface area (Å²) >= 11 is 0. The molecule has 1 heterocycles. The van der Waals surface area contributed by atoms with Crippen LogP contribution in [0.15, 0.2) is 84.4 Å². The molecule has 1 N–H and O–H groups in total. The average molecular weight is 352 g/mol. The number of imidazole rings is 1. The first-order valence-corrected chi connectivity index (χ1v) is 9.24. The highest BCUT2D eigenvalue weighted by molar-refractivity contribution is 5.27. The van der Waals surface area contributed by atoms with Gasteiger partial charge in [-0.15, -0.1) is 0 Å². The molecule has 140 valence electrons. The largest absolute Gasteiger partial charge is 0.330 e. The van der Waals surface area contributed by atoms with Gasteiger partial charge in [0, 0.05) is 37.9 Å². The van der Waals surface area contributed by atoms with Crippen molar-refractivity contribution in [2.45, 2.75) is 40.7 Å². The van der Waals surface area contributed by atoms with E-state index in [4.69, 9.17) is 0 Å².